The number of hydrogen-bond donors (Lipinski definition) is 1. The maximum absolute atomic E-state index is 12.4. The molecule has 8 heteroatoms. The van der Waals surface area contributed by atoms with E-state index in [1.54, 1.807) is 14.1 Å². The number of thioether (sulfide) groups is 1. The Bertz CT molecular complexity index is 389. The van der Waals surface area contributed by atoms with Crippen molar-refractivity contribution in [3.05, 3.63) is 0 Å². The molecule has 0 saturated carbocycles. The average Bonchev–Trinajstić information content (AvgIpc) is 2.86. The van der Waals surface area contributed by atoms with Crippen molar-refractivity contribution in [1.29, 1.82) is 0 Å². The van der Waals surface area contributed by atoms with Gasteiger partial charge in [0.15, 0.2) is 0 Å². The number of urea groups is 1. The van der Waals surface area contributed by atoms with Crippen LogP contribution in [0.5, 0.6) is 0 Å². The van der Waals surface area contributed by atoms with Gasteiger partial charge < -0.3 is 19.8 Å². The Hall–Kier alpha value is -1.44. The van der Waals surface area contributed by atoms with Crippen LogP contribution in [0.4, 0.5) is 4.79 Å². The fourth-order valence-corrected chi connectivity index (χ4v) is 2.97. The summed E-state index contributed by atoms with van der Waals surface area (Å²) < 4.78 is 0. The molecule has 0 aliphatic carbocycles. The smallest absolute Gasteiger partial charge is 0.327 e. The topological polar surface area (TPSA) is 81.2 Å². The molecule has 1 rings (SSSR count). The Morgan fingerprint density at radius 2 is 2.00 bits per heavy atom. The first-order valence-corrected chi connectivity index (χ1v) is 7.60. The molecule has 1 saturated heterocycles. The van der Waals surface area contributed by atoms with E-state index >= 15 is 0 Å². The van der Waals surface area contributed by atoms with Crippen molar-refractivity contribution >= 4 is 29.7 Å². The number of aliphatic carboxylic acids is 1. The zero-order valence-electron chi connectivity index (χ0n) is 12.0. The first-order valence-electron chi connectivity index (χ1n) is 6.44. The van der Waals surface area contributed by atoms with Gasteiger partial charge in [-0.1, -0.05) is 6.92 Å². The second-order valence-electron chi connectivity index (χ2n) is 4.82. The summed E-state index contributed by atoms with van der Waals surface area (Å²) in [6.45, 7) is 2.33. The van der Waals surface area contributed by atoms with Gasteiger partial charge in [-0.25, -0.2) is 9.59 Å². The highest BCUT2D eigenvalue weighted by Crippen LogP contribution is 2.22. The third kappa shape index (κ3) is 4.03. The second kappa shape index (κ2) is 7.37. The SMILES string of the molecule is CCCN(CC(=O)N(C)C)C(=O)N1CSCC1C(=O)O. The summed E-state index contributed by atoms with van der Waals surface area (Å²) in [5.74, 6) is -0.432. The molecule has 1 heterocycles. The largest absolute Gasteiger partial charge is 0.480 e. The van der Waals surface area contributed by atoms with E-state index in [9.17, 15) is 14.4 Å². The van der Waals surface area contributed by atoms with E-state index in [1.807, 2.05) is 6.92 Å². The van der Waals surface area contributed by atoms with Crippen LogP contribution in [-0.2, 0) is 9.59 Å². The minimum absolute atomic E-state index is 0.0207. The molecule has 1 aliphatic heterocycles. The Labute approximate surface area is 122 Å². The van der Waals surface area contributed by atoms with Gasteiger partial charge in [0, 0.05) is 26.4 Å². The lowest BCUT2D eigenvalue weighted by Gasteiger charge is -2.29. The van der Waals surface area contributed by atoms with Crippen LogP contribution in [0.1, 0.15) is 13.3 Å². The Balaban J connectivity index is 2.77. The summed E-state index contributed by atoms with van der Waals surface area (Å²) >= 11 is 1.41. The summed E-state index contributed by atoms with van der Waals surface area (Å²) in [5.41, 5.74) is 0. The van der Waals surface area contributed by atoms with Crippen molar-refractivity contribution in [3.63, 3.8) is 0 Å². The summed E-state index contributed by atoms with van der Waals surface area (Å²) in [6, 6.07) is -1.18. The molecule has 20 heavy (non-hydrogen) atoms. The first kappa shape index (κ1) is 16.6. The van der Waals surface area contributed by atoms with Crippen molar-refractivity contribution < 1.29 is 19.5 Å². The van der Waals surface area contributed by atoms with Gasteiger partial charge in [0.05, 0.1) is 5.88 Å². The van der Waals surface area contributed by atoms with E-state index in [2.05, 4.69) is 0 Å². The van der Waals surface area contributed by atoms with Crippen LogP contribution >= 0.6 is 11.8 Å². The molecule has 0 aromatic rings. The maximum Gasteiger partial charge on any atom is 0.327 e. The predicted octanol–water partition coefficient (Wildman–Crippen LogP) is 0.366. The fourth-order valence-electron chi connectivity index (χ4n) is 1.83. The molecule has 0 aromatic heterocycles. The lowest BCUT2D eigenvalue weighted by atomic mass is 10.3. The van der Waals surface area contributed by atoms with Gasteiger partial charge in [0.2, 0.25) is 5.91 Å². The summed E-state index contributed by atoms with van der Waals surface area (Å²) in [7, 11) is 3.26. The highest BCUT2D eigenvalue weighted by Gasteiger charge is 2.37. The number of hydrogen-bond acceptors (Lipinski definition) is 4. The molecular formula is C12H21N3O4S. The van der Waals surface area contributed by atoms with Crippen LogP contribution in [0.15, 0.2) is 0 Å². The maximum atomic E-state index is 12.4. The van der Waals surface area contributed by atoms with Gasteiger partial charge in [-0.05, 0) is 6.42 Å². The van der Waals surface area contributed by atoms with Gasteiger partial charge in [-0.2, -0.15) is 0 Å². The standard InChI is InChI=1S/C12H21N3O4S/c1-4-5-14(6-10(16)13(2)3)12(19)15-8-20-7-9(15)11(17)18/h9H,4-8H2,1-3H3,(H,17,18). The molecule has 114 valence electrons. The van der Waals surface area contributed by atoms with Crippen LogP contribution in [0.2, 0.25) is 0 Å². The Morgan fingerprint density at radius 1 is 1.35 bits per heavy atom. The van der Waals surface area contributed by atoms with Crippen LogP contribution in [0.3, 0.4) is 0 Å². The van der Waals surface area contributed by atoms with E-state index < -0.39 is 12.0 Å². The van der Waals surface area contributed by atoms with Gasteiger partial charge >= 0.3 is 12.0 Å². The van der Waals surface area contributed by atoms with Gasteiger partial charge in [-0.3, -0.25) is 4.79 Å². The number of carboxylic acid groups (broad SMARTS) is 1. The number of amides is 3. The molecule has 3 amide bonds. The van der Waals surface area contributed by atoms with Gasteiger partial charge in [0.1, 0.15) is 12.6 Å². The van der Waals surface area contributed by atoms with Crippen molar-refractivity contribution in [1.82, 2.24) is 14.7 Å². The Morgan fingerprint density at radius 3 is 2.50 bits per heavy atom. The molecule has 0 spiro atoms. The minimum Gasteiger partial charge on any atom is -0.480 e. The first-order chi connectivity index (χ1) is 9.38. The van der Waals surface area contributed by atoms with Gasteiger partial charge in [0.25, 0.3) is 0 Å². The van der Waals surface area contributed by atoms with Crippen LogP contribution in [-0.4, -0.2) is 82.6 Å². The number of likely N-dealkylation sites (N-methyl/N-ethyl adjacent to an activating group) is 1. The quantitative estimate of drug-likeness (QED) is 0.793. The van der Waals surface area contributed by atoms with E-state index in [-0.39, 0.29) is 18.5 Å². The molecule has 0 aromatic carbocycles. The summed E-state index contributed by atoms with van der Waals surface area (Å²) in [4.78, 5) is 39.5. The molecule has 1 atom stereocenters. The molecule has 1 unspecified atom stereocenters. The van der Waals surface area contributed by atoms with E-state index in [0.29, 0.717) is 24.6 Å². The predicted molar refractivity (Wildman–Crippen MR) is 76.5 cm³/mol. The Kier molecular flexibility index (Phi) is 6.12. The molecule has 1 fully saturated rings. The third-order valence-corrected chi connectivity index (χ3v) is 4.01. The number of carbonyl (C=O) groups excluding carboxylic acids is 2. The fraction of sp³-hybridized carbons (Fsp3) is 0.750. The summed E-state index contributed by atoms with van der Waals surface area (Å²) in [6.07, 6.45) is 0.713. The number of nitrogens with zero attached hydrogens (tertiary/aromatic N) is 3. The average molecular weight is 303 g/mol. The van der Waals surface area contributed by atoms with E-state index in [1.165, 1.54) is 26.5 Å². The van der Waals surface area contributed by atoms with Crippen molar-refractivity contribution in [2.24, 2.45) is 0 Å². The van der Waals surface area contributed by atoms with Crippen molar-refractivity contribution in [2.45, 2.75) is 19.4 Å². The van der Waals surface area contributed by atoms with E-state index in [4.69, 9.17) is 5.11 Å². The summed E-state index contributed by atoms with van der Waals surface area (Å²) in [5, 5.41) is 9.11. The highest BCUT2D eigenvalue weighted by molar-refractivity contribution is 7.99. The number of carbonyl (C=O) groups is 3. The second-order valence-corrected chi connectivity index (χ2v) is 5.82. The van der Waals surface area contributed by atoms with Gasteiger partial charge in [-0.15, -0.1) is 11.8 Å². The zero-order valence-corrected chi connectivity index (χ0v) is 12.9. The normalized spacial score (nSPS) is 17.9. The van der Waals surface area contributed by atoms with Crippen LogP contribution in [0, 0.1) is 0 Å². The van der Waals surface area contributed by atoms with Crippen molar-refractivity contribution in [2.75, 3.05) is 38.8 Å². The van der Waals surface area contributed by atoms with E-state index in [0.717, 1.165) is 0 Å². The zero-order chi connectivity index (χ0) is 15.3. The lowest BCUT2D eigenvalue weighted by Crippen LogP contribution is -2.51. The minimum atomic E-state index is -1.00. The molecule has 1 N–H and O–H groups in total. The van der Waals surface area contributed by atoms with Crippen LogP contribution in [0.25, 0.3) is 0 Å². The van der Waals surface area contributed by atoms with Crippen molar-refractivity contribution in [3.8, 4) is 0 Å². The molecular weight excluding hydrogens is 282 g/mol. The monoisotopic (exact) mass is 303 g/mol. The molecule has 7 nitrogen and oxygen atoms in total. The molecule has 0 bridgehead atoms. The lowest BCUT2D eigenvalue weighted by molar-refractivity contribution is -0.140. The molecule has 0 radical (unpaired) electrons. The van der Waals surface area contributed by atoms with Crippen LogP contribution < -0.4 is 0 Å². The third-order valence-electron chi connectivity index (χ3n) is 3.00. The highest BCUT2D eigenvalue weighted by atomic mass is 32.2. The molecule has 1 aliphatic rings. The number of rotatable bonds is 5. The number of carboxylic acids is 1.